The van der Waals surface area contributed by atoms with Crippen LogP contribution in [0.5, 0.6) is 5.75 Å². The average Bonchev–Trinajstić information content (AvgIpc) is 3.51. The molecule has 4 heterocycles. The summed E-state index contributed by atoms with van der Waals surface area (Å²) in [7, 11) is 0. The Labute approximate surface area is 172 Å². The fourth-order valence-corrected chi connectivity index (χ4v) is 5.15. The highest BCUT2D eigenvalue weighted by atomic mass is 32.1. The van der Waals surface area contributed by atoms with Crippen molar-refractivity contribution in [2.75, 3.05) is 19.8 Å². The first-order chi connectivity index (χ1) is 14.1. The maximum Gasteiger partial charge on any atom is 0.295 e. The van der Waals surface area contributed by atoms with Crippen molar-refractivity contribution in [2.24, 2.45) is 0 Å². The van der Waals surface area contributed by atoms with Crippen molar-refractivity contribution in [3.8, 4) is 5.75 Å². The second-order valence-electron chi connectivity index (χ2n) is 7.52. The minimum absolute atomic E-state index is 0.0761. The first kappa shape index (κ1) is 18.4. The highest BCUT2D eigenvalue weighted by molar-refractivity contribution is 7.10. The number of hydrogen-bond donors (Lipinski definition) is 1. The third-order valence-electron chi connectivity index (χ3n) is 5.74. The SMILES string of the molecule is O=C1C(=O)N(CC2CCCO2)C(c2cccs2)/C1=C(/O)c1ccc2c(c1)CCO2. The molecule has 1 amide bonds. The van der Waals surface area contributed by atoms with Crippen molar-refractivity contribution < 1.29 is 24.2 Å². The number of aliphatic hydroxyl groups is 1. The second-order valence-corrected chi connectivity index (χ2v) is 8.50. The van der Waals surface area contributed by atoms with Gasteiger partial charge in [-0.1, -0.05) is 6.07 Å². The Morgan fingerprint density at radius 2 is 2.14 bits per heavy atom. The van der Waals surface area contributed by atoms with Crippen LogP contribution in [-0.2, 0) is 20.7 Å². The number of likely N-dealkylation sites (tertiary alicyclic amines) is 1. The van der Waals surface area contributed by atoms with Crippen LogP contribution in [0.15, 0.2) is 41.3 Å². The monoisotopic (exact) mass is 411 g/mol. The summed E-state index contributed by atoms with van der Waals surface area (Å²) in [4.78, 5) is 28.3. The normalized spacial score (nSPS) is 25.4. The number of nitrogens with zero attached hydrogens (tertiary/aromatic N) is 1. The Hall–Kier alpha value is -2.64. The third kappa shape index (κ3) is 3.14. The molecule has 3 aliphatic rings. The van der Waals surface area contributed by atoms with Gasteiger partial charge in [0.15, 0.2) is 0 Å². The Balaban J connectivity index is 1.58. The summed E-state index contributed by atoms with van der Waals surface area (Å²) in [5, 5.41) is 13.0. The third-order valence-corrected chi connectivity index (χ3v) is 6.66. The molecule has 1 aromatic heterocycles. The minimum Gasteiger partial charge on any atom is -0.507 e. The number of rotatable bonds is 4. The van der Waals surface area contributed by atoms with Crippen LogP contribution < -0.4 is 4.74 Å². The molecule has 150 valence electrons. The summed E-state index contributed by atoms with van der Waals surface area (Å²) < 4.78 is 11.2. The molecule has 2 unspecified atom stereocenters. The van der Waals surface area contributed by atoms with Crippen LogP contribution >= 0.6 is 11.3 Å². The van der Waals surface area contributed by atoms with Crippen molar-refractivity contribution in [3.05, 3.63) is 57.3 Å². The summed E-state index contributed by atoms with van der Waals surface area (Å²) in [6, 6.07) is 8.57. The summed E-state index contributed by atoms with van der Waals surface area (Å²) in [5.41, 5.74) is 1.68. The molecular weight excluding hydrogens is 390 g/mol. The second kappa shape index (κ2) is 7.31. The van der Waals surface area contributed by atoms with E-state index in [1.807, 2.05) is 23.6 Å². The van der Waals surface area contributed by atoms with Crippen LogP contribution in [0.2, 0.25) is 0 Å². The topological polar surface area (TPSA) is 76.1 Å². The molecular formula is C22H21NO5S. The van der Waals surface area contributed by atoms with Gasteiger partial charge in [-0.25, -0.2) is 0 Å². The number of Topliss-reactive ketones (excluding diaryl/α,β-unsaturated/α-hetero) is 1. The molecule has 0 aliphatic carbocycles. The number of fused-ring (bicyclic) bond motifs is 1. The van der Waals surface area contributed by atoms with Gasteiger partial charge >= 0.3 is 0 Å². The quantitative estimate of drug-likeness (QED) is 0.475. The van der Waals surface area contributed by atoms with E-state index in [1.165, 1.54) is 11.3 Å². The van der Waals surface area contributed by atoms with Crippen molar-refractivity contribution in [1.82, 2.24) is 4.90 Å². The lowest BCUT2D eigenvalue weighted by atomic mass is 9.98. The van der Waals surface area contributed by atoms with Gasteiger partial charge in [-0.05, 0) is 48.1 Å². The lowest BCUT2D eigenvalue weighted by Gasteiger charge is -2.26. The molecule has 3 aliphatic heterocycles. The van der Waals surface area contributed by atoms with E-state index in [0.717, 1.165) is 35.5 Å². The summed E-state index contributed by atoms with van der Waals surface area (Å²) in [6.45, 7) is 1.64. The minimum atomic E-state index is -0.643. The number of carbonyl (C=O) groups excluding carboxylic acids is 2. The van der Waals surface area contributed by atoms with E-state index >= 15 is 0 Å². The van der Waals surface area contributed by atoms with Crippen LogP contribution in [0, 0.1) is 0 Å². The van der Waals surface area contributed by atoms with E-state index < -0.39 is 17.7 Å². The number of carbonyl (C=O) groups is 2. The van der Waals surface area contributed by atoms with Gasteiger partial charge in [0.2, 0.25) is 0 Å². The molecule has 2 fully saturated rings. The number of hydrogen-bond acceptors (Lipinski definition) is 6. The highest BCUT2D eigenvalue weighted by Crippen LogP contribution is 2.42. The van der Waals surface area contributed by atoms with Crippen molar-refractivity contribution >= 4 is 28.8 Å². The van der Waals surface area contributed by atoms with Gasteiger partial charge < -0.3 is 19.5 Å². The van der Waals surface area contributed by atoms with E-state index in [4.69, 9.17) is 9.47 Å². The number of amides is 1. The summed E-state index contributed by atoms with van der Waals surface area (Å²) >= 11 is 1.47. The zero-order valence-electron chi connectivity index (χ0n) is 15.8. The Bertz CT molecular complexity index is 991. The summed E-state index contributed by atoms with van der Waals surface area (Å²) in [5.74, 6) is -0.554. The summed E-state index contributed by atoms with van der Waals surface area (Å²) in [6.07, 6.45) is 2.51. The number of thiophene rings is 1. The van der Waals surface area contributed by atoms with E-state index in [9.17, 15) is 14.7 Å². The van der Waals surface area contributed by atoms with Crippen LogP contribution in [0.3, 0.4) is 0 Å². The maximum absolute atomic E-state index is 13.0. The fraction of sp³-hybridized carbons (Fsp3) is 0.364. The average molecular weight is 411 g/mol. The number of benzene rings is 1. The van der Waals surface area contributed by atoms with Crippen LogP contribution in [0.25, 0.3) is 5.76 Å². The molecule has 0 bridgehead atoms. The van der Waals surface area contributed by atoms with Crippen LogP contribution in [0.4, 0.5) is 0 Å². The molecule has 2 atom stereocenters. The lowest BCUT2D eigenvalue weighted by molar-refractivity contribution is -0.140. The zero-order chi connectivity index (χ0) is 20.0. The van der Waals surface area contributed by atoms with E-state index in [1.54, 1.807) is 17.0 Å². The molecule has 1 aromatic carbocycles. The Morgan fingerprint density at radius 1 is 1.24 bits per heavy atom. The largest absolute Gasteiger partial charge is 0.507 e. The molecule has 0 spiro atoms. The molecule has 7 heteroatoms. The molecule has 1 N–H and O–H groups in total. The fourth-order valence-electron chi connectivity index (χ4n) is 4.31. The zero-order valence-corrected chi connectivity index (χ0v) is 16.6. The van der Waals surface area contributed by atoms with Crippen molar-refractivity contribution in [2.45, 2.75) is 31.4 Å². The molecule has 2 aromatic rings. The molecule has 6 nitrogen and oxygen atoms in total. The van der Waals surface area contributed by atoms with Crippen molar-refractivity contribution in [3.63, 3.8) is 0 Å². The first-order valence-corrected chi connectivity index (χ1v) is 10.7. The van der Waals surface area contributed by atoms with Crippen LogP contribution in [-0.4, -0.2) is 47.6 Å². The van der Waals surface area contributed by atoms with E-state index in [0.29, 0.717) is 25.3 Å². The van der Waals surface area contributed by atoms with Crippen LogP contribution in [0.1, 0.15) is 34.9 Å². The van der Waals surface area contributed by atoms with Gasteiger partial charge in [0, 0.05) is 30.0 Å². The number of aliphatic hydroxyl groups excluding tert-OH is 1. The predicted molar refractivity (Wildman–Crippen MR) is 108 cm³/mol. The highest BCUT2D eigenvalue weighted by Gasteiger charge is 2.47. The van der Waals surface area contributed by atoms with E-state index in [2.05, 4.69) is 0 Å². The first-order valence-electron chi connectivity index (χ1n) is 9.83. The molecule has 29 heavy (non-hydrogen) atoms. The smallest absolute Gasteiger partial charge is 0.295 e. The van der Waals surface area contributed by atoms with Gasteiger partial charge in [-0.3, -0.25) is 9.59 Å². The molecule has 2 saturated heterocycles. The molecule has 0 radical (unpaired) electrons. The Morgan fingerprint density at radius 3 is 2.90 bits per heavy atom. The van der Waals surface area contributed by atoms with Gasteiger partial charge in [-0.15, -0.1) is 11.3 Å². The van der Waals surface area contributed by atoms with E-state index in [-0.39, 0.29) is 17.4 Å². The number of ketones is 1. The number of ether oxygens (including phenoxy) is 2. The molecule has 5 rings (SSSR count). The van der Waals surface area contributed by atoms with Gasteiger partial charge in [0.1, 0.15) is 11.5 Å². The standard InChI is InChI=1S/C22H21NO5S/c24-20(14-5-6-16-13(11-14)7-9-28-16)18-19(17-4-2-10-29-17)23(22(26)21(18)25)12-15-3-1-8-27-15/h2,4-6,10-11,15,19,24H,1,3,7-9,12H2/b20-18-. The van der Waals surface area contributed by atoms with Gasteiger partial charge in [0.05, 0.1) is 24.3 Å². The van der Waals surface area contributed by atoms with Gasteiger partial charge in [0.25, 0.3) is 11.7 Å². The lowest BCUT2D eigenvalue weighted by Crippen LogP contribution is -2.36. The maximum atomic E-state index is 13.0. The van der Waals surface area contributed by atoms with Crippen molar-refractivity contribution in [1.29, 1.82) is 0 Å². The predicted octanol–water partition coefficient (Wildman–Crippen LogP) is 3.28. The molecule has 0 saturated carbocycles. The van der Waals surface area contributed by atoms with Gasteiger partial charge in [-0.2, -0.15) is 0 Å². The Kier molecular flexibility index (Phi) is 4.64.